The van der Waals surface area contributed by atoms with Gasteiger partial charge in [0.05, 0.1) is 18.3 Å². The molecule has 0 saturated heterocycles. The molecule has 1 aromatic carbocycles. The van der Waals surface area contributed by atoms with E-state index in [1.54, 1.807) is 18.5 Å². The zero-order valence-corrected chi connectivity index (χ0v) is 12.9. The van der Waals surface area contributed by atoms with E-state index in [-0.39, 0.29) is 11.9 Å². The number of rotatable bonds is 4. The van der Waals surface area contributed by atoms with Crippen LogP contribution >= 0.6 is 15.9 Å². The van der Waals surface area contributed by atoms with Gasteiger partial charge in [-0.2, -0.15) is 0 Å². The number of hydrogen-bond donors (Lipinski definition) is 1. The summed E-state index contributed by atoms with van der Waals surface area (Å²) in [7, 11) is 0. The lowest BCUT2D eigenvalue weighted by molar-refractivity contribution is 0.241. The summed E-state index contributed by atoms with van der Waals surface area (Å²) in [6, 6.07) is 5.92. The number of hydrogen-bond acceptors (Lipinski definition) is 3. The van der Waals surface area contributed by atoms with Crippen LogP contribution in [-0.4, -0.2) is 11.1 Å². The molecule has 0 aliphatic heterocycles. The van der Waals surface area contributed by atoms with Crippen molar-refractivity contribution in [1.29, 1.82) is 0 Å². The van der Waals surface area contributed by atoms with Gasteiger partial charge in [-0.05, 0) is 43.2 Å². The molecule has 5 heteroatoms. The van der Waals surface area contributed by atoms with Gasteiger partial charge in [-0.3, -0.25) is 4.98 Å². The highest BCUT2D eigenvalue weighted by Crippen LogP contribution is 2.28. The van der Waals surface area contributed by atoms with E-state index in [4.69, 9.17) is 10.5 Å². The average molecular weight is 339 g/mol. The SMILES string of the molecule is CC(C)Oc1cncc(C(N)c2ccc(F)cc2Br)c1. The van der Waals surface area contributed by atoms with Crippen LogP contribution in [0.1, 0.15) is 31.0 Å². The Hall–Kier alpha value is -1.46. The molecule has 0 radical (unpaired) electrons. The van der Waals surface area contributed by atoms with Crippen LogP contribution in [0.2, 0.25) is 0 Å². The Balaban J connectivity index is 2.30. The maximum atomic E-state index is 13.1. The van der Waals surface area contributed by atoms with Crippen molar-refractivity contribution in [2.24, 2.45) is 5.73 Å². The molecule has 1 heterocycles. The van der Waals surface area contributed by atoms with Crippen molar-refractivity contribution in [2.45, 2.75) is 26.0 Å². The van der Waals surface area contributed by atoms with Gasteiger partial charge >= 0.3 is 0 Å². The van der Waals surface area contributed by atoms with E-state index in [9.17, 15) is 4.39 Å². The first-order valence-electron chi connectivity index (χ1n) is 6.29. The molecular formula is C15H16BrFN2O. The molecule has 1 atom stereocenters. The predicted octanol–water partition coefficient (Wildman–Crippen LogP) is 3.82. The predicted molar refractivity (Wildman–Crippen MR) is 80.1 cm³/mol. The Morgan fingerprint density at radius 2 is 2.00 bits per heavy atom. The second-order valence-electron chi connectivity index (χ2n) is 4.76. The van der Waals surface area contributed by atoms with E-state index in [1.807, 2.05) is 19.9 Å². The molecule has 0 saturated carbocycles. The smallest absolute Gasteiger partial charge is 0.138 e. The summed E-state index contributed by atoms with van der Waals surface area (Å²) in [6.07, 6.45) is 3.41. The van der Waals surface area contributed by atoms with Gasteiger partial charge in [0.2, 0.25) is 0 Å². The number of aromatic nitrogens is 1. The van der Waals surface area contributed by atoms with Crippen LogP contribution in [0, 0.1) is 5.82 Å². The Morgan fingerprint density at radius 3 is 2.65 bits per heavy atom. The van der Waals surface area contributed by atoms with Crippen LogP contribution in [0.5, 0.6) is 5.75 Å². The maximum absolute atomic E-state index is 13.1. The van der Waals surface area contributed by atoms with Gasteiger partial charge in [0.15, 0.2) is 0 Å². The Morgan fingerprint density at radius 1 is 1.25 bits per heavy atom. The molecule has 1 unspecified atom stereocenters. The first-order valence-corrected chi connectivity index (χ1v) is 7.09. The van der Waals surface area contributed by atoms with E-state index in [1.165, 1.54) is 12.1 Å². The molecule has 3 nitrogen and oxygen atoms in total. The molecule has 2 N–H and O–H groups in total. The molecular weight excluding hydrogens is 323 g/mol. The molecule has 1 aromatic heterocycles. The van der Waals surface area contributed by atoms with Crippen LogP contribution in [0.3, 0.4) is 0 Å². The highest BCUT2D eigenvalue weighted by molar-refractivity contribution is 9.10. The van der Waals surface area contributed by atoms with Crippen LogP contribution < -0.4 is 10.5 Å². The van der Waals surface area contributed by atoms with E-state index < -0.39 is 6.04 Å². The first kappa shape index (κ1) is 14.9. The van der Waals surface area contributed by atoms with Gasteiger partial charge in [-0.1, -0.05) is 22.0 Å². The highest BCUT2D eigenvalue weighted by Gasteiger charge is 2.14. The van der Waals surface area contributed by atoms with Crippen LogP contribution in [0.4, 0.5) is 4.39 Å². The molecule has 0 bridgehead atoms. The fraction of sp³-hybridized carbons (Fsp3) is 0.267. The lowest BCUT2D eigenvalue weighted by atomic mass is 10.0. The average Bonchev–Trinajstić information content (AvgIpc) is 2.37. The summed E-state index contributed by atoms with van der Waals surface area (Å²) in [5.41, 5.74) is 7.83. The molecule has 2 rings (SSSR count). The molecule has 20 heavy (non-hydrogen) atoms. The van der Waals surface area contributed by atoms with Gasteiger partial charge in [-0.15, -0.1) is 0 Å². The third-order valence-electron chi connectivity index (χ3n) is 2.76. The van der Waals surface area contributed by atoms with Crippen molar-refractivity contribution in [3.63, 3.8) is 0 Å². The van der Waals surface area contributed by atoms with Crippen LogP contribution in [-0.2, 0) is 0 Å². The fourth-order valence-corrected chi connectivity index (χ4v) is 2.47. The topological polar surface area (TPSA) is 48.1 Å². The van der Waals surface area contributed by atoms with E-state index >= 15 is 0 Å². The summed E-state index contributed by atoms with van der Waals surface area (Å²) < 4.78 is 19.4. The van der Waals surface area contributed by atoms with Gasteiger partial charge in [0.1, 0.15) is 11.6 Å². The summed E-state index contributed by atoms with van der Waals surface area (Å²) in [4.78, 5) is 4.14. The number of halogens is 2. The molecule has 2 aromatic rings. The minimum absolute atomic E-state index is 0.0702. The molecule has 0 spiro atoms. The van der Waals surface area contributed by atoms with Crippen molar-refractivity contribution in [1.82, 2.24) is 4.98 Å². The zero-order valence-electron chi connectivity index (χ0n) is 11.3. The minimum atomic E-state index is -0.395. The quantitative estimate of drug-likeness (QED) is 0.921. The molecule has 0 fully saturated rings. The van der Waals surface area contributed by atoms with Gasteiger partial charge in [0, 0.05) is 10.7 Å². The summed E-state index contributed by atoms with van der Waals surface area (Å²) in [5, 5.41) is 0. The monoisotopic (exact) mass is 338 g/mol. The standard InChI is InChI=1S/C15H16BrFN2O/c1-9(2)20-12-5-10(7-19-8-12)15(18)13-4-3-11(17)6-14(13)16/h3-9,15H,18H2,1-2H3. The zero-order chi connectivity index (χ0) is 14.7. The Labute approximate surface area is 126 Å². The van der Waals surface area contributed by atoms with E-state index in [0.29, 0.717) is 10.2 Å². The fourth-order valence-electron chi connectivity index (χ4n) is 1.88. The summed E-state index contributed by atoms with van der Waals surface area (Å²) in [5.74, 6) is 0.369. The molecule has 0 aliphatic rings. The first-order chi connectivity index (χ1) is 9.47. The van der Waals surface area contributed by atoms with Gasteiger partial charge in [0.25, 0.3) is 0 Å². The van der Waals surface area contributed by atoms with Crippen LogP contribution in [0.25, 0.3) is 0 Å². The van der Waals surface area contributed by atoms with Gasteiger partial charge < -0.3 is 10.5 Å². The number of benzene rings is 1. The molecule has 0 aliphatic carbocycles. The van der Waals surface area contributed by atoms with Crippen LogP contribution in [0.15, 0.2) is 41.1 Å². The second-order valence-corrected chi connectivity index (χ2v) is 5.62. The lowest BCUT2D eigenvalue weighted by Crippen LogP contribution is -2.14. The molecule has 106 valence electrons. The normalized spacial score (nSPS) is 12.5. The van der Waals surface area contributed by atoms with Crippen molar-refractivity contribution in [3.05, 3.63) is 58.1 Å². The van der Waals surface area contributed by atoms with Crippen molar-refractivity contribution in [3.8, 4) is 5.75 Å². The number of nitrogens with two attached hydrogens (primary N) is 1. The minimum Gasteiger partial charge on any atom is -0.489 e. The molecule has 0 amide bonds. The maximum Gasteiger partial charge on any atom is 0.138 e. The van der Waals surface area contributed by atoms with Crippen molar-refractivity contribution in [2.75, 3.05) is 0 Å². The summed E-state index contributed by atoms with van der Waals surface area (Å²) >= 11 is 3.33. The third kappa shape index (κ3) is 3.55. The largest absolute Gasteiger partial charge is 0.489 e. The van der Waals surface area contributed by atoms with E-state index in [0.717, 1.165) is 11.1 Å². The highest BCUT2D eigenvalue weighted by atomic mass is 79.9. The second kappa shape index (κ2) is 6.33. The number of pyridine rings is 1. The number of nitrogens with zero attached hydrogens (tertiary/aromatic N) is 1. The summed E-state index contributed by atoms with van der Waals surface area (Å²) in [6.45, 7) is 3.90. The third-order valence-corrected chi connectivity index (χ3v) is 3.45. The van der Waals surface area contributed by atoms with Crippen molar-refractivity contribution >= 4 is 15.9 Å². The van der Waals surface area contributed by atoms with Crippen molar-refractivity contribution < 1.29 is 9.13 Å². The number of ether oxygens (including phenoxy) is 1. The Kier molecular flexibility index (Phi) is 4.73. The van der Waals surface area contributed by atoms with E-state index in [2.05, 4.69) is 20.9 Å². The lowest BCUT2D eigenvalue weighted by Gasteiger charge is -2.16. The Bertz CT molecular complexity index is 604. The van der Waals surface area contributed by atoms with Gasteiger partial charge in [-0.25, -0.2) is 4.39 Å².